The Hall–Kier alpha value is -1.70. The Morgan fingerprint density at radius 1 is 1.37 bits per heavy atom. The second-order valence-electron chi connectivity index (χ2n) is 3.63. The average molecular weight is 294 g/mol. The maximum Gasteiger partial charge on any atom is 0.190 e. The highest BCUT2D eigenvalue weighted by atomic mass is 32.1. The van der Waals surface area contributed by atoms with Crippen LogP contribution in [0.4, 0.5) is 10.1 Å². The molecule has 1 aromatic heterocycles. The molecule has 0 saturated carbocycles. The molecule has 0 amide bonds. The minimum Gasteiger partial charge on any atom is -0.358 e. The van der Waals surface area contributed by atoms with Crippen LogP contribution in [0.25, 0.3) is 0 Å². The van der Waals surface area contributed by atoms with Gasteiger partial charge < -0.3 is 10.6 Å². The molecule has 100 valence electrons. The van der Waals surface area contributed by atoms with Gasteiger partial charge in [0.25, 0.3) is 0 Å². The highest BCUT2D eigenvalue weighted by Gasteiger charge is 2.03. The SMILES string of the molecule is CONc1cnc(NC(=S)NCc2ccccc2)s1. The number of thiazole rings is 1. The van der Waals surface area contributed by atoms with Gasteiger partial charge in [-0.3, -0.25) is 10.3 Å². The molecule has 2 rings (SSSR count). The van der Waals surface area contributed by atoms with Crippen molar-refractivity contribution < 1.29 is 4.84 Å². The quantitative estimate of drug-likeness (QED) is 0.582. The Kier molecular flexibility index (Phi) is 5.08. The van der Waals surface area contributed by atoms with E-state index in [1.54, 1.807) is 13.3 Å². The highest BCUT2D eigenvalue weighted by molar-refractivity contribution is 7.80. The third-order valence-corrected chi connectivity index (χ3v) is 3.28. The number of hydrogen-bond acceptors (Lipinski definition) is 5. The molecule has 0 aliphatic rings. The van der Waals surface area contributed by atoms with E-state index >= 15 is 0 Å². The molecule has 0 aliphatic heterocycles. The molecule has 1 heterocycles. The van der Waals surface area contributed by atoms with Crippen LogP contribution in [-0.2, 0) is 11.4 Å². The van der Waals surface area contributed by atoms with Crippen molar-refractivity contribution in [3.05, 3.63) is 42.1 Å². The Labute approximate surface area is 121 Å². The number of nitrogens with zero attached hydrogens (tertiary/aromatic N) is 1. The lowest BCUT2D eigenvalue weighted by molar-refractivity contribution is 0.272. The van der Waals surface area contributed by atoms with Gasteiger partial charge in [0, 0.05) is 6.54 Å². The Morgan fingerprint density at radius 3 is 2.89 bits per heavy atom. The van der Waals surface area contributed by atoms with Gasteiger partial charge in [-0.2, -0.15) is 0 Å². The predicted octanol–water partition coefficient (Wildman–Crippen LogP) is 2.60. The van der Waals surface area contributed by atoms with E-state index in [0.717, 1.165) is 5.00 Å². The van der Waals surface area contributed by atoms with Crippen LogP contribution in [0.1, 0.15) is 5.56 Å². The molecule has 5 nitrogen and oxygen atoms in total. The number of hydrogen-bond donors (Lipinski definition) is 3. The van der Waals surface area contributed by atoms with E-state index in [1.165, 1.54) is 16.9 Å². The summed E-state index contributed by atoms with van der Waals surface area (Å²) in [4.78, 5) is 8.96. The Morgan fingerprint density at radius 2 is 2.16 bits per heavy atom. The molecule has 0 radical (unpaired) electrons. The summed E-state index contributed by atoms with van der Waals surface area (Å²) in [7, 11) is 1.55. The normalized spacial score (nSPS) is 9.95. The number of rotatable bonds is 5. The standard InChI is InChI=1S/C12H14N4OS2/c1-17-16-10-8-14-12(19-10)15-11(18)13-7-9-5-3-2-4-6-9/h2-6,8,16H,7H2,1H3,(H2,13,14,15,18). The fourth-order valence-electron chi connectivity index (χ4n) is 1.40. The lowest BCUT2D eigenvalue weighted by atomic mass is 10.2. The summed E-state index contributed by atoms with van der Waals surface area (Å²) in [5.74, 6) is 0. The third kappa shape index (κ3) is 4.47. The molecule has 0 bridgehead atoms. The first-order valence-electron chi connectivity index (χ1n) is 5.61. The summed E-state index contributed by atoms with van der Waals surface area (Å²) >= 11 is 6.62. The second-order valence-corrected chi connectivity index (χ2v) is 5.07. The summed E-state index contributed by atoms with van der Waals surface area (Å²) in [6, 6.07) is 10.1. The molecule has 0 atom stereocenters. The molecule has 1 aromatic carbocycles. The van der Waals surface area contributed by atoms with Crippen molar-refractivity contribution in [3.8, 4) is 0 Å². The van der Waals surface area contributed by atoms with Crippen LogP contribution in [0.15, 0.2) is 36.5 Å². The van der Waals surface area contributed by atoms with Crippen molar-refractivity contribution in [3.63, 3.8) is 0 Å². The minimum absolute atomic E-state index is 0.544. The van der Waals surface area contributed by atoms with E-state index < -0.39 is 0 Å². The van der Waals surface area contributed by atoms with Gasteiger partial charge in [0.2, 0.25) is 0 Å². The van der Waals surface area contributed by atoms with Crippen molar-refractivity contribution in [1.29, 1.82) is 0 Å². The fourth-order valence-corrected chi connectivity index (χ4v) is 2.33. The van der Waals surface area contributed by atoms with Crippen LogP contribution >= 0.6 is 23.6 Å². The lowest BCUT2D eigenvalue weighted by Crippen LogP contribution is -2.27. The van der Waals surface area contributed by atoms with Crippen LogP contribution in [0, 0.1) is 0 Å². The molecular formula is C12H14N4OS2. The van der Waals surface area contributed by atoms with Gasteiger partial charge in [0.15, 0.2) is 10.2 Å². The smallest absolute Gasteiger partial charge is 0.190 e. The predicted molar refractivity (Wildman–Crippen MR) is 82.2 cm³/mol. The molecule has 2 aromatic rings. The first-order valence-corrected chi connectivity index (χ1v) is 6.84. The molecule has 0 aliphatic carbocycles. The van der Waals surface area contributed by atoms with Crippen molar-refractivity contribution >= 4 is 38.8 Å². The van der Waals surface area contributed by atoms with Crippen molar-refractivity contribution in [2.75, 3.05) is 17.9 Å². The molecule has 0 spiro atoms. The van der Waals surface area contributed by atoms with Crippen molar-refractivity contribution in [2.45, 2.75) is 6.54 Å². The first-order chi connectivity index (χ1) is 9.28. The van der Waals surface area contributed by atoms with E-state index in [9.17, 15) is 0 Å². The molecule has 7 heteroatoms. The lowest BCUT2D eigenvalue weighted by Gasteiger charge is -2.08. The summed E-state index contributed by atoms with van der Waals surface area (Å²) < 4.78 is 0. The maximum atomic E-state index is 5.20. The number of anilines is 2. The largest absolute Gasteiger partial charge is 0.358 e. The van der Waals surface area contributed by atoms with Gasteiger partial charge >= 0.3 is 0 Å². The van der Waals surface area contributed by atoms with E-state index in [1.807, 2.05) is 30.3 Å². The summed E-state index contributed by atoms with van der Waals surface area (Å²) in [5, 5.41) is 8.22. The van der Waals surface area contributed by atoms with Gasteiger partial charge in [0.05, 0.1) is 13.3 Å². The topological polar surface area (TPSA) is 58.2 Å². The molecule has 0 unspecified atom stereocenters. The molecule has 0 fully saturated rings. The molecular weight excluding hydrogens is 280 g/mol. The van der Waals surface area contributed by atoms with E-state index in [-0.39, 0.29) is 0 Å². The molecule has 3 N–H and O–H groups in total. The van der Waals surface area contributed by atoms with E-state index in [2.05, 4.69) is 21.1 Å². The van der Waals surface area contributed by atoms with Crippen LogP contribution in [0.2, 0.25) is 0 Å². The van der Waals surface area contributed by atoms with Crippen LogP contribution < -0.4 is 16.1 Å². The monoisotopic (exact) mass is 294 g/mol. The van der Waals surface area contributed by atoms with Gasteiger partial charge in [-0.05, 0) is 17.8 Å². The Bertz CT molecular complexity index is 530. The van der Waals surface area contributed by atoms with Gasteiger partial charge in [-0.25, -0.2) is 4.98 Å². The number of aromatic nitrogens is 1. The zero-order valence-corrected chi connectivity index (χ0v) is 12.0. The summed E-state index contributed by atoms with van der Waals surface area (Å²) in [5.41, 5.74) is 3.88. The van der Waals surface area contributed by atoms with Crippen LogP contribution in [0.3, 0.4) is 0 Å². The van der Waals surface area contributed by atoms with Crippen molar-refractivity contribution in [1.82, 2.24) is 10.3 Å². The zero-order chi connectivity index (χ0) is 13.5. The molecule has 0 saturated heterocycles. The van der Waals surface area contributed by atoms with E-state index in [4.69, 9.17) is 17.1 Å². The van der Waals surface area contributed by atoms with Gasteiger partial charge in [0.1, 0.15) is 5.00 Å². The maximum absolute atomic E-state index is 5.20. The highest BCUT2D eigenvalue weighted by Crippen LogP contribution is 2.22. The average Bonchev–Trinajstić information content (AvgIpc) is 2.85. The van der Waals surface area contributed by atoms with Crippen molar-refractivity contribution in [2.24, 2.45) is 0 Å². The van der Waals surface area contributed by atoms with E-state index in [0.29, 0.717) is 16.8 Å². The Balaban J connectivity index is 1.80. The molecule has 19 heavy (non-hydrogen) atoms. The fraction of sp³-hybridized carbons (Fsp3) is 0.167. The number of benzene rings is 1. The number of nitrogens with one attached hydrogen (secondary N) is 3. The minimum atomic E-state index is 0.544. The van der Waals surface area contributed by atoms with Gasteiger partial charge in [-0.15, -0.1) is 0 Å². The first kappa shape index (κ1) is 13.7. The zero-order valence-electron chi connectivity index (χ0n) is 10.3. The number of thiocarbonyl (C=S) groups is 1. The van der Waals surface area contributed by atoms with Crippen LogP contribution in [0.5, 0.6) is 0 Å². The second kappa shape index (κ2) is 7.03. The third-order valence-electron chi connectivity index (χ3n) is 2.22. The summed E-state index contributed by atoms with van der Waals surface area (Å²) in [6.45, 7) is 0.682. The van der Waals surface area contributed by atoms with Gasteiger partial charge in [-0.1, -0.05) is 41.7 Å². The summed E-state index contributed by atoms with van der Waals surface area (Å²) in [6.07, 6.45) is 1.68. The van der Waals surface area contributed by atoms with Crippen LogP contribution in [-0.4, -0.2) is 17.2 Å².